The lowest BCUT2D eigenvalue weighted by atomic mass is 10.1. The zero-order chi connectivity index (χ0) is 17.6. The summed E-state index contributed by atoms with van der Waals surface area (Å²) in [6, 6.07) is 3.30. The average molecular weight is 383 g/mol. The van der Waals surface area contributed by atoms with Gasteiger partial charge < -0.3 is 20.5 Å². The zero-order valence-corrected chi connectivity index (χ0v) is 14.4. The average Bonchev–Trinajstić information content (AvgIpc) is 3.03. The molecule has 1 aromatic carbocycles. The number of benzene rings is 1. The summed E-state index contributed by atoms with van der Waals surface area (Å²) in [4.78, 5) is 11.8. The van der Waals surface area contributed by atoms with Gasteiger partial charge in [0.1, 0.15) is 0 Å². The van der Waals surface area contributed by atoms with Gasteiger partial charge in [0.2, 0.25) is 5.91 Å². The summed E-state index contributed by atoms with van der Waals surface area (Å²) >= 11 is 0. The van der Waals surface area contributed by atoms with Gasteiger partial charge >= 0.3 is 6.18 Å². The zero-order valence-electron chi connectivity index (χ0n) is 13.6. The van der Waals surface area contributed by atoms with Crippen molar-refractivity contribution in [2.45, 2.75) is 38.1 Å². The maximum absolute atomic E-state index is 12.8. The number of rotatable bonds is 7. The van der Waals surface area contributed by atoms with Crippen LogP contribution >= 0.6 is 12.4 Å². The Labute approximate surface area is 150 Å². The van der Waals surface area contributed by atoms with Crippen molar-refractivity contribution in [3.8, 4) is 0 Å². The first-order chi connectivity index (χ1) is 11.4. The standard InChI is InChI=1S/C16H21F3N2O3.ClH/c17-16(18,19)12-6-11(9-20)7-13(8-12)21-15(22)3-5-23-10-14-2-1-4-24-14;/h6-8,14H,1-5,9-10,20H2,(H,21,22);1H. The molecule has 0 radical (unpaired) electrons. The van der Waals surface area contributed by atoms with Gasteiger partial charge in [0.25, 0.3) is 0 Å². The van der Waals surface area contributed by atoms with Crippen LogP contribution in [-0.2, 0) is 27.0 Å². The summed E-state index contributed by atoms with van der Waals surface area (Å²) in [5, 5.41) is 2.45. The van der Waals surface area contributed by atoms with E-state index in [-0.39, 0.29) is 43.8 Å². The number of nitrogens with one attached hydrogen (secondary N) is 1. The Bertz CT molecular complexity index is 564. The molecule has 1 fully saturated rings. The molecule has 9 heteroatoms. The molecule has 1 unspecified atom stereocenters. The first-order valence-corrected chi connectivity index (χ1v) is 7.79. The smallest absolute Gasteiger partial charge is 0.378 e. The first kappa shape index (κ1) is 21.7. The summed E-state index contributed by atoms with van der Waals surface area (Å²) in [6.07, 6.45) is -2.41. The number of nitrogens with two attached hydrogens (primary N) is 1. The third kappa shape index (κ3) is 7.19. The summed E-state index contributed by atoms with van der Waals surface area (Å²) in [5.41, 5.74) is 4.95. The van der Waals surface area contributed by atoms with Crippen LogP contribution in [0.5, 0.6) is 0 Å². The highest BCUT2D eigenvalue weighted by Gasteiger charge is 2.31. The predicted octanol–water partition coefficient (Wildman–Crippen LogP) is 3.11. The van der Waals surface area contributed by atoms with Crippen LogP contribution in [-0.4, -0.2) is 31.8 Å². The molecule has 1 atom stereocenters. The van der Waals surface area contributed by atoms with Gasteiger partial charge in [-0.05, 0) is 36.6 Å². The highest BCUT2D eigenvalue weighted by atomic mass is 35.5. The van der Waals surface area contributed by atoms with Crippen molar-refractivity contribution in [2.24, 2.45) is 5.73 Å². The Morgan fingerprint density at radius 2 is 2.12 bits per heavy atom. The summed E-state index contributed by atoms with van der Waals surface area (Å²) in [6.45, 7) is 1.30. The van der Waals surface area contributed by atoms with Gasteiger partial charge in [-0.3, -0.25) is 4.79 Å². The van der Waals surface area contributed by atoms with E-state index in [0.717, 1.165) is 31.6 Å². The Balaban J connectivity index is 0.00000312. The Morgan fingerprint density at radius 3 is 2.72 bits per heavy atom. The SMILES string of the molecule is Cl.NCc1cc(NC(=O)CCOCC2CCCO2)cc(C(F)(F)F)c1. The molecule has 0 aromatic heterocycles. The van der Waals surface area contributed by atoms with Crippen molar-refractivity contribution in [3.05, 3.63) is 29.3 Å². The molecule has 0 spiro atoms. The fourth-order valence-corrected chi connectivity index (χ4v) is 2.42. The number of anilines is 1. The van der Waals surface area contributed by atoms with Crippen LogP contribution in [0.25, 0.3) is 0 Å². The van der Waals surface area contributed by atoms with E-state index in [0.29, 0.717) is 12.2 Å². The molecule has 2 rings (SSSR count). The number of amides is 1. The maximum Gasteiger partial charge on any atom is 0.416 e. The van der Waals surface area contributed by atoms with Crippen molar-refractivity contribution < 1.29 is 27.4 Å². The van der Waals surface area contributed by atoms with Crippen LogP contribution in [0.15, 0.2) is 18.2 Å². The van der Waals surface area contributed by atoms with Crippen LogP contribution in [0.4, 0.5) is 18.9 Å². The van der Waals surface area contributed by atoms with Crippen LogP contribution in [0.1, 0.15) is 30.4 Å². The van der Waals surface area contributed by atoms with E-state index in [9.17, 15) is 18.0 Å². The molecule has 1 aromatic rings. The minimum atomic E-state index is -4.49. The van der Waals surface area contributed by atoms with Gasteiger partial charge in [-0.1, -0.05) is 0 Å². The molecule has 1 heterocycles. The van der Waals surface area contributed by atoms with Crippen LogP contribution < -0.4 is 11.1 Å². The first-order valence-electron chi connectivity index (χ1n) is 7.79. The van der Waals surface area contributed by atoms with E-state index in [1.807, 2.05) is 0 Å². The molecule has 0 saturated carbocycles. The van der Waals surface area contributed by atoms with E-state index in [1.165, 1.54) is 6.07 Å². The van der Waals surface area contributed by atoms with E-state index >= 15 is 0 Å². The number of ether oxygens (including phenoxy) is 2. The molecule has 0 bridgehead atoms. The number of hydrogen-bond donors (Lipinski definition) is 2. The second-order valence-electron chi connectivity index (χ2n) is 5.63. The van der Waals surface area contributed by atoms with E-state index < -0.39 is 17.6 Å². The Morgan fingerprint density at radius 1 is 1.36 bits per heavy atom. The Hall–Kier alpha value is -1.35. The quantitative estimate of drug-likeness (QED) is 0.711. The molecule has 142 valence electrons. The van der Waals surface area contributed by atoms with Crippen molar-refractivity contribution in [1.82, 2.24) is 0 Å². The number of alkyl halides is 3. The summed E-state index contributed by atoms with van der Waals surface area (Å²) in [7, 11) is 0. The van der Waals surface area contributed by atoms with E-state index in [4.69, 9.17) is 15.2 Å². The molecule has 1 amide bonds. The van der Waals surface area contributed by atoms with Gasteiger partial charge in [-0.15, -0.1) is 12.4 Å². The van der Waals surface area contributed by atoms with E-state index in [2.05, 4.69) is 5.32 Å². The molecule has 0 aliphatic carbocycles. The van der Waals surface area contributed by atoms with Crippen molar-refractivity contribution in [3.63, 3.8) is 0 Å². The molecule has 25 heavy (non-hydrogen) atoms. The topological polar surface area (TPSA) is 73.6 Å². The van der Waals surface area contributed by atoms with Crippen molar-refractivity contribution in [2.75, 3.05) is 25.1 Å². The predicted molar refractivity (Wildman–Crippen MR) is 89.6 cm³/mol. The number of carbonyl (C=O) groups is 1. The molecular formula is C16H22ClF3N2O3. The Kier molecular flexibility index (Phi) is 8.64. The van der Waals surface area contributed by atoms with Gasteiger partial charge in [0.05, 0.1) is 31.3 Å². The molecule has 1 saturated heterocycles. The van der Waals surface area contributed by atoms with Crippen LogP contribution in [0.3, 0.4) is 0 Å². The molecular weight excluding hydrogens is 361 g/mol. The lowest BCUT2D eigenvalue weighted by molar-refractivity contribution is -0.137. The highest BCUT2D eigenvalue weighted by molar-refractivity contribution is 5.91. The number of halogens is 4. The summed E-state index contributed by atoms with van der Waals surface area (Å²) in [5.74, 6) is -0.412. The normalized spacial score (nSPS) is 17.2. The maximum atomic E-state index is 12.8. The lowest BCUT2D eigenvalue weighted by Crippen LogP contribution is -2.19. The van der Waals surface area contributed by atoms with Crippen LogP contribution in [0, 0.1) is 0 Å². The van der Waals surface area contributed by atoms with Crippen molar-refractivity contribution >= 4 is 24.0 Å². The van der Waals surface area contributed by atoms with Crippen LogP contribution in [0.2, 0.25) is 0 Å². The lowest BCUT2D eigenvalue weighted by Gasteiger charge is -2.13. The second-order valence-corrected chi connectivity index (χ2v) is 5.63. The summed E-state index contributed by atoms with van der Waals surface area (Å²) < 4.78 is 49.2. The molecule has 5 nitrogen and oxygen atoms in total. The molecule has 3 N–H and O–H groups in total. The number of carbonyl (C=O) groups excluding carboxylic acids is 1. The minimum Gasteiger partial charge on any atom is -0.378 e. The van der Waals surface area contributed by atoms with Gasteiger partial charge in [0, 0.05) is 18.8 Å². The molecule has 1 aliphatic heterocycles. The monoisotopic (exact) mass is 382 g/mol. The van der Waals surface area contributed by atoms with Crippen molar-refractivity contribution in [1.29, 1.82) is 0 Å². The highest BCUT2D eigenvalue weighted by Crippen LogP contribution is 2.32. The minimum absolute atomic E-state index is 0. The fourth-order valence-electron chi connectivity index (χ4n) is 2.42. The fraction of sp³-hybridized carbons (Fsp3) is 0.562. The van der Waals surface area contributed by atoms with E-state index in [1.54, 1.807) is 0 Å². The van der Waals surface area contributed by atoms with Gasteiger partial charge in [-0.25, -0.2) is 0 Å². The van der Waals surface area contributed by atoms with Gasteiger partial charge in [-0.2, -0.15) is 13.2 Å². The third-order valence-electron chi connectivity index (χ3n) is 3.64. The number of hydrogen-bond acceptors (Lipinski definition) is 4. The third-order valence-corrected chi connectivity index (χ3v) is 3.64. The molecule has 1 aliphatic rings. The second kappa shape index (κ2) is 9.96. The van der Waals surface area contributed by atoms with Gasteiger partial charge in [0.15, 0.2) is 0 Å². The largest absolute Gasteiger partial charge is 0.416 e.